The van der Waals surface area contributed by atoms with Crippen molar-refractivity contribution in [1.82, 2.24) is 9.80 Å². The van der Waals surface area contributed by atoms with Gasteiger partial charge < -0.3 is 9.80 Å². The van der Waals surface area contributed by atoms with Crippen molar-refractivity contribution in [1.29, 1.82) is 0 Å². The van der Waals surface area contributed by atoms with Crippen molar-refractivity contribution < 1.29 is 17.6 Å². The van der Waals surface area contributed by atoms with Crippen molar-refractivity contribution in [2.24, 2.45) is 0 Å². The fourth-order valence-corrected chi connectivity index (χ4v) is 4.40. The molecule has 3 rings (SSSR count). The lowest BCUT2D eigenvalue weighted by molar-refractivity contribution is 0.0663. The first-order valence-corrected chi connectivity index (χ1v) is 10.6. The molecule has 0 atom stereocenters. The Balaban J connectivity index is 1.74. The quantitative estimate of drug-likeness (QED) is 0.831. The highest BCUT2D eigenvalue weighted by atomic mass is 32.2. The molecule has 6 nitrogen and oxygen atoms in total. The molecule has 8 heteroatoms. The molecule has 1 amide bonds. The summed E-state index contributed by atoms with van der Waals surface area (Å²) in [6, 6.07) is 11.5. The number of nitrogens with zero attached hydrogens (tertiary/aromatic N) is 2. The Bertz CT molecular complexity index is 937. The number of hydrogen-bond acceptors (Lipinski definition) is 4. The summed E-state index contributed by atoms with van der Waals surface area (Å²) in [4.78, 5) is 16.7. The molecule has 0 spiro atoms. The molecule has 1 fully saturated rings. The molecule has 0 aliphatic carbocycles. The van der Waals surface area contributed by atoms with Gasteiger partial charge in [-0.1, -0.05) is 6.07 Å². The Morgan fingerprint density at radius 2 is 1.75 bits per heavy atom. The van der Waals surface area contributed by atoms with Gasteiger partial charge in [0.05, 0.1) is 4.90 Å². The monoisotopic (exact) mass is 405 g/mol. The van der Waals surface area contributed by atoms with Crippen LogP contribution in [0.1, 0.15) is 23.2 Å². The molecule has 150 valence electrons. The van der Waals surface area contributed by atoms with Gasteiger partial charge >= 0.3 is 0 Å². The van der Waals surface area contributed by atoms with E-state index in [-0.39, 0.29) is 16.5 Å². The fourth-order valence-electron chi connectivity index (χ4n) is 3.30. The van der Waals surface area contributed by atoms with Crippen LogP contribution in [0, 0.1) is 5.82 Å². The number of halogens is 1. The Labute approximate surface area is 165 Å². The van der Waals surface area contributed by atoms with Crippen LogP contribution in [0.4, 0.5) is 10.1 Å². The Morgan fingerprint density at radius 3 is 2.36 bits per heavy atom. The standard InChI is InChI=1S/C20H24FN3O3S/c1-23(2)18-10-12-24(13-11-18)20(25)15-4-3-5-19(14-15)28(26,27)22-17-8-6-16(21)7-9-17/h3-9,14,18,22H,10-13H2,1-2H3. The maximum absolute atomic E-state index is 13.0. The Morgan fingerprint density at radius 1 is 1.11 bits per heavy atom. The van der Waals surface area contributed by atoms with Gasteiger partial charge in [0.1, 0.15) is 5.82 Å². The number of nitrogens with one attached hydrogen (secondary N) is 1. The summed E-state index contributed by atoms with van der Waals surface area (Å²) in [5.74, 6) is -0.621. The predicted molar refractivity (Wildman–Crippen MR) is 106 cm³/mol. The number of carbonyl (C=O) groups excluding carboxylic acids is 1. The predicted octanol–water partition coefficient (Wildman–Crippen LogP) is 2.79. The summed E-state index contributed by atoms with van der Waals surface area (Å²) in [6.45, 7) is 1.29. The van der Waals surface area contributed by atoms with Crippen molar-refractivity contribution in [3.05, 3.63) is 59.9 Å². The summed E-state index contributed by atoms with van der Waals surface area (Å²) < 4.78 is 40.6. The number of anilines is 1. The number of amides is 1. The lowest BCUT2D eigenvalue weighted by Gasteiger charge is -2.35. The normalized spacial score (nSPS) is 15.6. The molecule has 28 heavy (non-hydrogen) atoms. The highest BCUT2D eigenvalue weighted by molar-refractivity contribution is 7.92. The van der Waals surface area contributed by atoms with Crippen LogP contribution in [-0.4, -0.2) is 57.4 Å². The van der Waals surface area contributed by atoms with E-state index >= 15 is 0 Å². The van der Waals surface area contributed by atoms with Crippen molar-refractivity contribution >= 4 is 21.6 Å². The van der Waals surface area contributed by atoms with Crippen molar-refractivity contribution in [3.63, 3.8) is 0 Å². The van der Waals surface area contributed by atoms with E-state index in [1.165, 1.54) is 36.4 Å². The van der Waals surface area contributed by atoms with Gasteiger partial charge in [-0.15, -0.1) is 0 Å². The van der Waals surface area contributed by atoms with E-state index < -0.39 is 15.8 Å². The van der Waals surface area contributed by atoms with Crippen molar-refractivity contribution in [2.45, 2.75) is 23.8 Å². The molecular weight excluding hydrogens is 381 g/mol. The van der Waals surface area contributed by atoms with Gasteiger partial charge in [-0.05, 0) is 69.4 Å². The molecule has 2 aromatic rings. The van der Waals surface area contributed by atoms with E-state index in [0.29, 0.717) is 24.7 Å². The van der Waals surface area contributed by atoms with Crippen LogP contribution in [0.3, 0.4) is 0 Å². The molecule has 1 saturated heterocycles. The van der Waals surface area contributed by atoms with Gasteiger partial charge in [0.25, 0.3) is 15.9 Å². The zero-order valence-corrected chi connectivity index (χ0v) is 16.7. The highest BCUT2D eigenvalue weighted by Crippen LogP contribution is 2.20. The minimum atomic E-state index is -3.88. The number of benzene rings is 2. The average molecular weight is 405 g/mol. The third-order valence-corrected chi connectivity index (χ3v) is 6.35. The maximum Gasteiger partial charge on any atom is 0.261 e. The summed E-state index contributed by atoms with van der Waals surface area (Å²) in [7, 11) is 0.182. The molecule has 0 saturated carbocycles. The van der Waals surface area contributed by atoms with Crippen molar-refractivity contribution in [2.75, 3.05) is 31.9 Å². The second-order valence-electron chi connectivity index (χ2n) is 7.13. The number of rotatable bonds is 5. The lowest BCUT2D eigenvalue weighted by Crippen LogP contribution is -2.44. The number of carbonyl (C=O) groups is 1. The summed E-state index contributed by atoms with van der Waals surface area (Å²) in [6.07, 6.45) is 1.78. The Hall–Kier alpha value is -2.45. The zero-order chi connectivity index (χ0) is 20.3. The second kappa shape index (κ2) is 8.28. The molecule has 1 N–H and O–H groups in total. The van der Waals surface area contributed by atoms with Crippen LogP contribution in [0.5, 0.6) is 0 Å². The zero-order valence-electron chi connectivity index (χ0n) is 15.9. The second-order valence-corrected chi connectivity index (χ2v) is 8.81. The number of likely N-dealkylation sites (tertiary alicyclic amines) is 1. The highest BCUT2D eigenvalue weighted by Gasteiger charge is 2.25. The van der Waals surface area contributed by atoms with Crippen LogP contribution in [-0.2, 0) is 10.0 Å². The molecule has 0 aromatic heterocycles. The first-order valence-electron chi connectivity index (χ1n) is 9.10. The molecule has 1 aliphatic heterocycles. The molecule has 1 aliphatic rings. The SMILES string of the molecule is CN(C)C1CCN(C(=O)c2cccc(S(=O)(=O)Nc3ccc(F)cc3)c2)CC1. The van der Waals surface area contributed by atoms with Crippen LogP contribution in [0.15, 0.2) is 53.4 Å². The molecule has 0 radical (unpaired) electrons. The molecule has 0 unspecified atom stereocenters. The van der Waals surface area contributed by atoms with E-state index in [0.717, 1.165) is 12.8 Å². The minimum Gasteiger partial charge on any atom is -0.339 e. The van der Waals surface area contributed by atoms with E-state index in [1.807, 2.05) is 14.1 Å². The molecule has 0 bridgehead atoms. The first kappa shape index (κ1) is 20.3. The average Bonchev–Trinajstić information content (AvgIpc) is 2.69. The maximum atomic E-state index is 13.0. The van der Waals surface area contributed by atoms with Crippen LogP contribution in [0.2, 0.25) is 0 Å². The summed E-state index contributed by atoms with van der Waals surface area (Å²) in [5.41, 5.74) is 0.592. The Kier molecular flexibility index (Phi) is 6.00. The summed E-state index contributed by atoms with van der Waals surface area (Å²) >= 11 is 0. The minimum absolute atomic E-state index is 0.00847. The molecule has 1 heterocycles. The van der Waals surface area contributed by atoms with Gasteiger partial charge in [0, 0.05) is 30.4 Å². The third-order valence-electron chi connectivity index (χ3n) is 4.97. The van der Waals surface area contributed by atoms with Crippen LogP contribution < -0.4 is 4.72 Å². The summed E-state index contributed by atoms with van der Waals surface area (Å²) in [5, 5.41) is 0. The lowest BCUT2D eigenvalue weighted by atomic mass is 10.0. The van der Waals surface area contributed by atoms with Crippen molar-refractivity contribution in [3.8, 4) is 0 Å². The van der Waals surface area contributed by atoms with Gasteiger partial charge in [-0.3, -0.25) is 9.52 Å². The largest absolute Gasteiger partial charge is 0.339 e. The van der Waals surface area contributed by atoms with E-state index in [1.54, 1.807) is 17.0 Å². The fraction of sp³-hybridized carbons (Fsp3) is 0.350. The van der Waals surface area contributed by atoms with E-state index in [9.17, 15) is 17.6 Å². The number of sulfonamides is 1. The van der Waals surface area contributed by atoms with Gasteiger partial charge in [0.2, 0.25) is 0 Å². The van der Waals surface area contributed by atoms with Crippen LogP contribution in [0.25, 0.3) is 0 Å². The first-order chi connectivity index (χ1) is 13.3. The van der Waals surface area contributed by atoms with Gasteiger partial charge in [-0.2, -0.15) is 0 Å². The number of hydrogen-bond donors (Lipinski definition) is 1. The third kappa shape index (κ3) is 4.69. The number of piperidine rings is 1. The van der Waals surface area contributed by atoms with E-state index in [2.05, 4.69) is 9.62 Å². The van der Waals surface area contributed by atoms with Crippen LogP contribution >= 0.6 is 0 Å². The molecule has 2 aromatic carbocycles. The van der Waals surface area contributed by atoms with E-state index in [4.69, 9.17) is 0 Å². The topological polar surface area (TPSA) is 69.7 Å². The smallest absolute Gasteiger partial charge is 0.261 e. The van der Waals surface area contributed by atoms with Gasteiger partial charge in [0.15, 0.2) is 0 Å². The molecular formula is C20H24FN3O3S. The van der Waals surface area contributed by atoms with Gasteiger partial charge in [-0.25, -0.2) is 12.8 Å².